The van der Waals surface area contributed by atoms with Crippen LogP contribution in [0.1, 0.15) is 36.8 Å². The van der Waals surface area contributed by atoms with Gasteiger partial charge < -0.3 is 25.0 Å². The van der Waals surface area contributed by atoms with E-state index in [4.69, 9.17) is 20.4 Å². The summed E-state index contributed by atoms with van der Waals surface area (Å²) in [4.78, 5) is 15.5. The van der Waals surface area contributed by atoms with Crippen molar-refractivity contribution in [3.05, 3.63) is 71.2 Å². The highest BCUT2D eigenvalue weighted by molar-refractivity contribution is 7.87. The van der Waals surface area contributed by atoms with Gasteiger partial charge in [-0.05, 0) is 17.5 Å². The molecule has 0 aliphatic rings. The number of ether oxygens (including phenoxy) is 1. The van der Waals surface area contributed by atoms with E-state index < -0.39 is 46.1 Å². The summed E-state index contributed by atoms with van der Waals surface area (Å²) < 4.78 is 65.0. The fraction of sp³-hybridized carbons (Fsp3) is 0.238. The van der Waals surface area contributed by atoms with Crippen molar-refractivity contribution in [1.29, 1.82) is 0 Å². The fourth-order valence-electron chi connectivity index (χ4n) is 3.14. The molecule has 0 spiro atoms. The number of halogens is 2. The number of anilines is 1. The molecule has 33 heavy (non-hydrogen) atoms. The zero-order chi connectivity index (χ0) is 24.3. The van der Waals surface area contributed by atoms with E-state index in [-0.39, 0.29) is 23.1 Å². The third-order valence-corrected chi connectivity index (χ3v) is 5.89. The number of benzene rings is 2. The Bertz CT molecular complexity index is 1270. The second-order valence-corrected chi connectivity index (χ2v) is 8.87. The first kappa shape index (κ1) is 24.0. The van der Waals surface area contributed by atoms with Crippen LogP contribution in [0.15, 0.2) is 47.5 Å². The van der Waals surface area contributed by atoms with E-state index in [1.165, 1.54) is 4.57 Å². The van der Waals surface area contributed by atoms with Crippen molar-refractivity contribution in [2.24, 2.45) is 5.73 Å². The summed E-state index contributed by atoms with van der Waals surface area (Å²) in [5.41, 5.74) is 12.1. The minimum absolute atomic E-state index is 0.0633. The lowest BCUT2D eigenvalue weighted by Gasteiger charge is -2.15. The lowest BCUT2D eigenvalue weighted by atomic mass is 10.1. The first-order chi connectivity index (χ1) is 15.5. The predicted molar refractivity (Wildman–Crippen MR) is 115 cm³/mol. The highest BCUT2D eigenvalue weighted by Crippen LogP contribution is 2.30. The van der Waals surface area contributed by atoms with Crippen LogP contribution in [-0.2, 0) is 28.0 Å². The van der Waals surface area contributed by atoms with E-state index in [0.29, 0.717) is 17.3 Å². The molecular formula is C21H22F2N4O5S. The number of primary amides is 1. The largest absolute Gasteiger partial charge is 0.442 e. The first-order valence-electron chi connectivity index (χ1n) is 9.73. The summed E-state index contributed by atoms with van der Waals surface area (Å²) in [6.45, 7) is 2.90. The maximum Gasteiger partial charge on any atom is 0.404 e. The highest BCUT2D eigenvalue weighted by Gasteiger charge is 2.32. The molecule has 176 valence electrons. The van der Waals surface area contributed by atoms with Gasteiger partial charge in [0.2, 0.25) is 0 Å². The summed E-state index contributed by atoms with van der Waals surface area (Å²) in [5, 5.41) is -0.367. The first-order valence-corrected chi connectivity index (χ1v) is 11.1. The van der Waals surface area contributed by atoms with Crippen molar-refractivity contribution in [3.63, 3.8) is 0 Å². The van der Waals surface area contributed by atoms with Crippen LogP contribution in [0.3, 0.4) is 0 Å². The fourth-order valence-corrected chi connectivity index (χ4v) is 4.55. The molecule has 2 aromatic carbocycles. The average molecular weight is 480 g/mol. The number of rotatable bonds is 8. The van der Waals surface area contributed by atoms with Gasteiger partial charge in [0.25, 0.3) is 0 Å². The Labute approximate surface area is 189 Å². The quantitative estimate of drug-likeness (QED) is 0.372. The lowest BCUT2D eigenvalue weighted by Crippen LogP contribution is -2.20. The molecule has 3 aromatic rings. The van der Waals surface area contributed by atoms with E-state index in [1.807, 2.05) is 0 Å². The van der Waals surface area contributed by atoms with Crippen LogP contribution in [0.5, 0.6) is 5.75 Å². The van der Waals surface area contributed by atoms with E-state index in [1.54, 1.807) is 38.1 Å². The Morgan fingerprint density at radius 3 is 2.36 bits per heavy atom. The number of para-hydroxylation sites is 1. The van der Waals surface area contributed by atoms with Gasteiger partial charge in [-0.15, -0.1) is 0 Å². The monoisotopic (exact) mass is 480 g/mol. The number of hydrogen-bond donors (Lipinski definition) is 2. The molecule has 3 rings (SSSR count). The number of carbonyl (C=O) groups excluding carboxylic acids is 1. The molecule has 0 unspecified atom stereocenters. The van der Waals surface area contributed by atoms with Gasteiger partial charge in [0.05, 0.1) is 12.2 Å². The van der Waals surface area contributed by atoms with Crippen molar-refractivity contribution >= 4 is 21.9 Å². The number of amides is 1. The van der Waals surface area contributed by atoms with Crippen LogP contribution >= 0.6 is 0 Å². The molecule has 0 radical (unpaired) electrons. The molecule has 1 amide bonds. The van der Waals surface area contributed by atoms with Gasteiger partial charge in [-0.2, -0.15) is 8.42 Å². The molecule has 9 nitrogen and oxygen atoms in total. The third-order valence-electron chi connectivity index (χ3n) is 4.58. The highest BCUT2D eigenvalue weighted by atomic mass is 32.2. The lowest BCUT2D eigenvalue weighted by molar-refractivity contribution is 0.145. The summed E-state index contributed by atoms with van der Waals surface area (Å²) in [6.07, 6.45) is -1.08. The topological polar surface area (TPSA) is 140 Å². The molecule has 0 atom stereocenters. The molecule has 0 saturated carbocycles. The summed E-state index contributed by atoms with van der Waals surface area (Å²) in [7, 11) is -4.65. The van der Waals surface area contributed by atoms with Crippen molar-refractivity contribution in [1.82, 2.24) is 9.55 Å². The summed E-state index contributed by atoms with van der Waals surface area (Å²) in [6, 6.07) is 8.80. The molecule has 0 aliphatic heterocycles. The van der Waals surface area contributed by atoms with Crippen LogP contribution in [-0.4, -0.2) is 24.1 Å². The van der Waals surface area contributed by atoms with Gasteiger partial charge in [0.1, 0.15) is 23.2 Å². The Balaban J connectivity index is 2.18. The summed E-state index contributed by atoms with van der Waals surface area (Å²) >= 11 is 0. The van der Waals surface area contributed by atoms with Crippen LogP contribution in [0.2, 0.25) is 0 Å². The Morgan fingerprint density at radius 1 is 1.15 bits per heavy atom. The Hall–Kier alpha value is -3.67. The number of imidazole rings is 1. The molecule has 1 heterocycles. The van der Waals surface area contributed by atoms with Crippen molar-refractivity contribution in [2.75, 3.05) is 5.73 Å². The zero-order valence-electron chi connectivity index (χ0n) is 17.8. The second kappa shape index (κ2) is 9.45. The van der Waals surface area contributed by atoms with Crippen LogP contribution < -0.4 is 15.7 Å². The third kappa shape index (κ3) is 5.58. The van der Waals surface area contributed by atoms with Crippen LogP contribution in [0.4, 0.5) is 19.3 Å². The molecular weight excluding hydrogens is 458 g/mol. The number of nitrogens with two attached hydrogens (primary N) is 2. The van der Waals surface area contributed by atoms with E-state index in [2.05, 4.69) is 4.98 Å². The molecule has 0 saturated heterocycles. The maximum atomic E-state index is 13.6. The Morgan fingerprint density at radius 2 is 1.79 bits per heavy atom. The van der Waals surface area contributed by atoms with Crippen molar-refractivity contribution < 1.29 is 30.9 Å². The standard InChI is InChI=1S/C21H22F2N4O5S/c1-12(2)19-20(33(29,30)32-16-8-14(22)7-15(23)9-16)27(18(26-19)11-31-21(25)28)10-13-5-3-4-6-17(13)24/h3-9,12H,10-11,24H2,1-2H3,(H2,25,28). The molecule has 0 fully saturated rings. The average Bonchev–Trinajstić information content (AvgIpc) is 3.06. The summed E-state index contributed by atoms with van der Waals surface area (Å²) in [5.74, 6) is -2.92. The number of nitrogens with zero attached hydrogens (tertiary/aromatic N) is 2. The predicted octanol–water partition coefficient (Wildman–Crippen LogP) is 3.28. The van der Waals surface area contributed by atoms with Gasteiger partial charge in [-0.1, -0.05) is 32.0 Å². The van der Waals surface area contributed by atoms with E-state index in [0.717, 1.165) is 12.1 Å². The number of nitrogen functional groups attached to an aromatic ring is 1. The van der Waals surface area contributed by atoms with Crippen LogP contribution in [0.25, 0.3) is 0 Å². The number of carbonyl (C=O) groups is 1. The van der Waals surface area contributed by atoms with Crippen LogP contribution in [0, 0.1) is 11.6 Å². The molecule has 0 aliphatic carbocycles. The minimum atomic E-state index is -4.65. The van der Waals surface area contributed by atoms with Gasteiger partial charge in [-0.3, -0.25) is 0 Å². The normalized spacial score (nSPS) is 11.5. The molecule has 12 heteroatoms. The van der Waals surface area contributed by atoms with Gasteiger partial charge >= 0.3 is 16.2 Å². The second-order valence-electron chi connectivity index (χ2n) is 7.41. The van der Waals surface area contributed by atoms with Crippen molar-refractivity contribution in [3.8, 4) is 5.75 Å². The van der Waals surface area contributed by atoms with Gasteiger partial charge in [0.15, 0.2) is 11.6 Å². The molecule has 0 bridgehead atoms. The maximum absolute atomic E-state index is 13.6. The SMILES string of the molecule is CC(C)c1nc(COC(N)=O)n(Cc2ccccc2N)c1S(=O)(=O)Oc1cc(F)cc(F)c1. The zero-order valence-corrected chi connectivity index (χ0v) is 18.6. The molecule has 1 aromatic heterocycles. The number of aromatic nitrogens is 2. The van der Waals surface area contributed by atoms with E-state index >= 15 is 0 Å². The van der Waals surface area contributed by atoms with Gasteiger partial charge in [0, 0.05) is 23.9 Å². The number of hydrogen-bond acceptors (Lipinski definition) is 7. The minimum Gasteiger partial charge on any atom is -0.442 e. The Kier molecular flexibility index (Phi) is 6.86. The molecule has 4 N–H and O–H groups in total. The van der Waals surface area contributed by atoms with E-state index in [9.17, 15) is 22.0 Å². The smallest absolute Gasteiger partial charge is 0.404 e. The van der Waals surface area contributed by atoms with Gasteiger partial charge in [-0.25, -0.2) is 18.6 Å². The van der Waals surface area contributed by atoms with Crippen molar-refractivity contribution in [2.45, 2.75) is 37.9 Å².